The summed E-state index contributed by atoms with van der Waals surface area (Å²) in [6, 6.07) is 3.57. The van der Waals surface area contributed by atoms with Crippen LogP contribution in [0.5, 0.6) is 0 Å². The number of hydrogen-bond acceptors (Lipinski definition) is 5. The third-order valence-corrected chi connectivity index (χ3v) is 4.26. The van der Waals surface area contributed by atoms with Crippen molar-refractivity contribution < 1.29 is 14.0 Å². The summed E-state index contributed by atoms with van der Waals surface area (Å²) >= 11 is 1.42. The maximum atomic E-state index is 12.2. The zero-order valence-electron chi connectivity index (χ0n) is 12.0. The predicted octanol–water partition coefficient (Wildman–Crippen LogP) is 2.29. The van der Waals surface area contributed by atoms with Gasteiger partial charge in [0.25, 0.3) is 0 Å². The SMILES string of the molecule is CC(=O)Nc1nc2c(s1)CN(C(=O)/C=C/c1ccco1)CC2. The summed E-state index contributed by atoms with van der Waals surface area (Å²) in [5.41, 5.74) is 0.966. The van der Waals surface area contributed by atoms with E-state index in [9.17, 15) is 9.59 Å². The number of furan rings is 1. The average Bonchev–Trinajstić information content (AvgIpc) is 3.11. The highest BCUT2D eigenvalue weighted by molar-refractivity contribution is 7.15. The van der Waals surface area contributed by atoms with E-state index in [2.05, 4.69) is 10.3 Å². The lowest BCUT2D eigenvalue weighted by Gasteiger charge is -2.24. The average molecular weight is 317 g/mol. The van der Waals surface area contributed by atoms with E-state index < -0.39 is 0 Å². The molecule has 7 heteroatoms. The van der Waals surface area contributed by atoms with Crippen LogP contribution in [0.3, 0.4) is 0 Å². The van der Waals surface area contributed by atoms with Gasteiger partial charge in [0.2, 0.25) is 11.8 Å². The van der Waals surface area contributed by atoms with Crippen molar-refractivity contribution in [3.63, 3.8) is 0 Å². The molecule has 1 aliphatic heterocycles. The molecular weight excluding hydrogens is 302 g/mol. The smallest absolute Gasteiger partial charge is 0.247 e. The van der Waals surface area contributed by atoms with Crippen molar-refractivity contribution in [1.82, 2.24) is 9.88 Å². The van der Waals surface area contributed by atoms with Crippen molar-refractivity contribution in [2.75, 3.05) is 11.9 Å². The van der Waals surface area contributed by atoms with Crippen molar-refractivity contribution in [2.45, 2.75) is 19.9 Å². The van der Waals surface area contributed by atoms with Crippen LogP contribution >= 0.6 is 11.3 Å². The Kier molecular flexibility index (Phi) is 4.06. The molecule has 0 bridgehead atoms. The monoisotopic (exact) mass is 317 g/mol. The highest BCUT2D eigenvalue weighted by atomic mass is 32.1. The molecule has 2 aromatic rings. The Balaban J connectivity index is 1.67. The molecule has 114 valence electrons. The lowest BCUT2D eigenvalue weighted by atomic mass is 10.2. The molecule has 2 aromatic heterocycles. The van der Waals surface area contributed by atoms with E-state index in [0.717, 1.165) is 10.6 Å². The maximum absolute atomic E-state index is 12.2. The van der Waals surface area contributed by atoms with E-state index in [1.54, 1.807) is 29.4 Å². The molecule has 2 amide bonds. The summed E-state index contributed by atoms with van der Waals surface area (Å²) in [6.45, 7) is 2.60. The number of thiazole rings is 1. The number of rotatable bonds is 3. The fourth-order valence-electron chi connectivity index (χ4n) is 2.23. The number of carbonyl (C=O) groups excluding carboxylic acids is 2. The summed E-state index contributed by atoms with van der Waals surface area (Å²) in [4.78, 5) is 30.4. The Hall–Kier alpha value is -2.41. The van der Waals surface area contributed by atoms with Crippen molar-refractivity contribution >= 4 is 34.4 Å². The van der Waals surface area contributed by atoms with Gasteiger partial charge in [-0.1, -0.05) is 11.3 Å². The van der Waals surface area contributed by atoms with Crippen LogP contribution in [0.4, 0.5) is 5.13 Å². The van der Waals surface area contributed by atoms with Crippen LogP contribution in [-0.4, -0.2) is 28.2 Å². The molecule has 22 heavy (non-hydrogen) atoms. The first-order valence-corrected chi connectivity index (χ1v) is 7.70. The fraction of sp³-hybridized carbons (Fsp3) is 0.267. The number of anilines is 1. The van der Waals surface area contributed by atoms with Gasteiger partial charge in [-0.3, -0.25) is 9.59 Å². The van der Waals surface area contributed by atoms with Crippen LogP contribution in [0, 0.1) is 0 Å². The predicted molar refractivity (Wildman–Crippen MR) is 83.3 cm³/mol. The van der Waals surface area contributed by atoms with Crippen LogP contribution < -0.4 is 5.32 Å². The molecule has 0 saturated heterocycles. The van der Waals surface area contributed by atoms with Gasteiger partial charge in [-0.05, 0) is 18.2 Å². The molecule has 0 saturated carbocycles. The summed E-state index contributed by atoms with van der Waals surface area (Å²) in [5, 5.41) is 3.28. The van der Waals surface area contributed by atoms with Crippen molar-refractivity contribution in [3.8, 4) is 0 Å². The van der Waals surface area contributed by atoms with Crippen LogP contribution in [0.1, 0.15) is 23.3 Å². The number of hydrogen-bond donors (Lipinski definition) is 1. The molecule has 1 aliphatic rings. The molecule has 0 unspecified atom stereocenters. The Morgan fingerprint density at radius 1 is 1.50 bits per heavy atom. The number of nitrogens with one attached hydrogen (secondary N) is 1. The van der Waals surface area contributed by atoms with Crippen molar-refractivity contribution in [1.29, 1.82) is 0 Å². The van der Waals surface area contributed by atoms with Crippen LogP contribution in [0.25, 0.3) is 6.08 Å². The second kappa shape index (κ2) is 6.15. The Bertz CT molecular complexity index is 718. The molecule has 3 rings (SSSR count). The topological polar surface area (TPSA) is 75.4 Å². The van der Waals surface area contributed by atoms with Crippen LogP contribution in [0.2, 0.25) is 0 Å². The lowest BCUT2D eigenvalue weighted by molar-refractivity contribution is -0.126. The Labute approximate surface area is 131 Å². The highest BCUT2D eigenvalue weighted by Gasteiger charge is 2.23. The molecule has 0 aromatic carbocycles. The molecule has 0 fully saturated rings. The van der Waals surface area contributed by atoms with Crippen molar-refractivity contribution in [2.24, 2.45) is 0 Å². The zero-order chi connectivity index (χ0) is 15.5. The standard InChI is InChI=1S/C15H15N3O3S/c1-10(19)16-15-17-12-6-7-18(9-13(12)22-15)14(20)5-4-11-3-2-8-21-11/h2-5,8H,6-7,9H2,1H3,(H,16,17,19)/b5-4+. The first kappa shape index (κ1) is 14.5. The minimum absolute atomic E-state index is 0.0588. The van der Waals surface area contributed by atoms with E-state index in [4.69, 9.17) is 4.42 Å². The van der Waals surface area contributed by atoms with E-state index in [1.165, 1.54) is 24.3 Å². The normalized spacial score (nSPS) is 14.1. The second-order valence-electron chi connectivity index (χ2n) is 4.93. The van der Waals surface area contributed by atoms with Crippen LogP contribution in [-0.2, 0) is 22.6 Å². The van der Waals surface area contributed by atoms with Crippen molar-refractivity contribution in [3.05, 3.63) is 40.8 Å². The number of amides is 2. The second-order valence-corrected chi connectivity index (χ2v) is 6.01. The Morgan fingerprint density at radius 3 is 3.09 bits per heavy atom. The number of fused-ring (bicyclic) bond motifs is 1. The molecule has 0 aliphatic carbocycles. The van der Waals surface area contributed by atoms with Gasteiger partial charge in [-0.15, -0.1) is 0 Å². The lowest BCUT2D eigenvalue weighted by Crippen LogP contribution is -2.34. The number of aromatic nitrogens is 1. The number of nitrogens with zero attached hydrogens (tertiary/aromatic N) is 2. The summed E-state index contributed by atoms with van der Waals surface area (Å²) in [6.07, 6.45) is 5.44. The van der Waals surface area contributed by atoms with Gasteiger partial charge in [0, 0.05) is 30.8 Å². The van der Waals surface area contributed by atoms with E-state index in [-0.39, 0.29) is 11.8 Å². The van der Waals surface area contributed by atoms with Gasteiger partial charge in [-0.25, -0.2) is 4.98 Å². The van der Waals surface area contributed by atoms with E-state index in [0.29, 0.717) is 30.4 Å². The first-order chi connectivity index (χ1) is 10.6. The number of carbonyl (C=O) groups is 2. The molecular formula is C15H15N3O3S. The van der Waals surface area contributed by atoms with Gasteiger partial charge < -0.3 is 14.6 Å². The van der Waals surface area contributed by atoms with E-state index in [1.807, 2.05) is 0 Å². The molecule has 1 N–H and O–H groups in total. The first-order valence-electron chi connectivity index (χ1n) is 6.88. The minimum atomic E-state index is -0.139. The quantitative estimate of drug-likeness (QED) is 0.881. The summed E-state index contributed by atoms with van der Waals surface area (Å²) in [7, 11) is 0. The van der Waals surface area contributed by atoms with Gasteiger partial charge in [0.15, 0.2) is 5.13 Å². The fourth-order valence-corrected chi connectivity index (χ4v) is 3.30. The van der Waals surface area contributed by atoms with Gasteiger partial charge in [-0.2, -0.15) is 0 Å². The largest absolute Gasteiger partial charge is 0.465 e. The van der Waals surface area contributed by atoms with Gasteiger partial charge >= 0.3 is 0 Å². The van der Waals surface area contributed by atoms with Gasteiger partial charge in [0.05, 0.1) is 18.5 Å². The molecule has 3 heterocycles. The molecule has 0 radical (unpaired) electrons. The molecule has 6 nitrogen and oxygen atoms in total. The Morgan fingerprint density at radius 2 is 2.36 bits per heavy atom. The third-order valence-electron chi connectivity index (χ3n) is 3.26. The van der Waals surface area contributed by atoms with Crippen LogP contribution in [0.15, 0.2) is 28.9 Å². The highest BCUT2D eigenvalue weighted by Crippen LogP contribution is 2.28. The third kappa shape index (κ3) is 3.25. The molecule has 0 atom stereocenters. The molecule has 0 spiro atoms. The van der Waals surface area contributed by atoms with Gasteiger partial charge in [0.1, 0.15) is 5.76 Å². The summed E-state index contributed by atoms with van der Waals surface area (Å²) < 4.78 is 5.16. The summed E-state index contributed by atoms with van der Waals surface area (Å²) in [5.74, 6) is 0.453. The zero-order valence-corrected chi connectivity index (χ0v) is 12.9. The maximum Gasteiger partial charge on any atom is 0.247 e. The minimum Gasteiger partial charge on any atom is -0.465 e. The van der Waals surface area contributed by atoms with E-state index >= 15 is 0 Å².